The molecule has 3 aromatic rings. The molecule has 0 amide bonds. The van der Waals surface area contributed by atoms with Crippen LogP contribution >= 0.6 is 23.1 Å². The largest absolute Gasteiger partial charge is 0.448 e. The first-order chi connectivity index (χ1) is 12.8. The van der Waals surface area contributed by atoms with Crippen molar-refractivity contribution in [3.05, 3.63) is 52.7 Å². The van der Waals surface area contributed by atoms with Gasteiger partial charge in [0.2, 0.25) is 11.0 Å². The Bertz CT molecular complexity index is 912. The van der Waals surface area contributed by atoms with Crippen LogP contribution < -0.4 is 10.1 Å². The monoisotopic (exact) mass is 382 g/mol. The van der Waals surface area contributed by atoms with Crippen molar-refractivity contribution in [1.29, 1.82) is 0 Å². The molecule has 1 aromatic carbocycles. The number of rotatable bonds is 5. The van der Waals surface area contributed by atoms with E-state index in [0.29, 0.717) is 16.7 Å². The number of nitrogens with zero attached hydrogens (tertiary/aromatic N) is 3. The standard InChI is InChI=1S/C19H18N4OS2/c1-2-11-26-19-21-18-17(22-23-19)14-7-3-4-8-15(14)20-16(24-18)10-9-13-6-5-12-25-13/h3-10,12,16,20H,2,11H2,1H3/b10-9-/t16-/m0/s1. The van der Waals surface area contributed by atoms with Gasteiger partial charge in [0.25, 0.3) is 0 Å². The molecule has 0 unspecified atom stereocenters. The maximum absolute atomic E-state index is 6.14. The Balaban J connectivity index is 1.70. The number of benzene rings is 1. The van der Waals surface area contributed by atoms with Crippen LogP contribution in [0.3, 0.4) is 0 Å². The summed E-state index contributed by atoms with van der Waals surface area (Å²) in [5.41, 5.74) is 2.57. The lowest BCUT2D eigenvalue weighted by molar-refractivity contribution is 0.266. The lowest BCUT2D eigenvalue weighted by Gasteiger charge is -2.15. The first-order valence-corrected chi connectivity index (χ1v) is 10.3. The molecule has 26 heavy (non-hydrogen) atoms. The maximum Gasteiger partial charge on any atom is 0.247 e. The predicted molar refractivity (Wildman–Crippen MR) is 108 cm³/mol. The van der Waals surface area contributed by atoms with Gasteiger partial charge in [-0.15, -0.1) is 21.5 Å². The number of thioether (sulfide) groups is 1. The van der Waals surface area contributed by atoms with Gasteiger partial charge < -0.3 is 10.1 Å². The zero-order valence-electron chi connectivity index (χ0n) is 14.3. The number of fused-ring (bicyclic) bond motifs is 3. The third-order valence-corrected chi connectivity index (χ3v) is 5.65. The number of aromatic nitrogens is 3. The molecular formula is C19H18N4OS2. The molecular weight excluding hydrogens is 364 g/mol. The van der Waals surface area contributed by atoms with E-state index in [9.17, 15) is 0 Å². The van der Waals surface area contributed by atoms with E-state index in [-0.39, 0.29) is 6.23 Å². The average Bonchev–Trinajstić information content (AvgIpc) is 3.13. The molecule has 0 bridgehead atoms. The Kier molecular flexibility index (Phi) is 5.17. The number of ether oxygens (including phenoxy) is 1. The molecule has 3 heterocycles. The zero-order valence-corrected chi connectivity index (χ0v) is 15.9. The van der Waals surface area contributed by atoms with Crippen molar-refractivity contribution >= 4 is 34.9 Å². The van der Waals surface area contributed by atoms with E-state index in [2.05, 4.69) is 44.9 Å². The molecule has 1 aliphatic heterocycles. The minimum atomic E-state index is -0.333. The summed E-state index contributed by atoms with van der Waals surface area (Å²) in [7, 11) is 0. The summed E-state index contributed by atoms with van der Waals surface area (Å²) in [4.78, 5) is 5.77. The Morgan fingerprint density at radius 3 is 3.00 bits per heavy atom. The highest BCUT2D eigenvalue weighted by Gasteiger charge is 2.23. The maximum atomic E-state index is 6.14. The zero-order chi connectivity index (χ0) is 17.8. The Morgan fingerprint density at radius 2 is 2.15 bits per heavy atom. The fourth-order valence-electron chi connectivity index (χ4n) is 2.58. The summed E-state index contributed by atoms with van der Waals surface area (Å²) in [6, 6.07) is 12.1. The van der Waals surface area contributed by atoms with E-state index in [1.165, 1.54) is 4.88 Å². The molecule has 0 spiro atoms. The summed E-state index contributed by atoms with van der Waals surface area (Å²) in [5.74, 6) is 1.47. The van der Waals surface area contributed by atoms with Gasteiger partial charge in [-0.1, -0.05) is 43.0 Å². The van der Waals surface area contributed by atoms with E-state index in [0.717, 1.165) is 23.4 Å². The molecule has 1 N–H and O–H groups in total. The molecule has 0 fully saturated rings. The van der Waals surface area contributed by atoms with Crippen molar-refractivity contribution < 1.29 is 4.74 Å². The van der Waals surface area contributed by atoms with Crippen molar-refractivity contribution in [3.63, 3.8) is 0 Å². The molecule has 7 heteroatoms. The van der Waals surface area contributed by atoms with Crippen LogP contribution in [0.4, 0.5) is 5.69 Å². The smallest absolute Gasteiger partial charge is 0.247 e. The summed E-state index contributed by atoms with van der Waals surface area (Å²) < 4.78 is 6.14. The average molecular weight is 383 g/mol. The van der Waals surface area contributed by atoms with Gasteiger partial charge in [-0.2, -0.15) is 4.98 Å². The van der Waals surface area contributed by atoms with Crippen LogP contribution in [0.25, 0.3) is 17.3 Å². The minimum Gasteiger partial charge on any atom is -0.448 e. The van der Waals surface area contributed by atoms with Crippen LogP contribution in [0.5, 0.6) is 5.88 Å². The normalized spacial score (nSPS) is 15.7. The molecule has 5 nitrogen and oxygen atoms in total. The Labute approximate surface area is 160 Å². The molecule has 2 aromatic heterocycles. The third-order valence-electron chi connectivity index (χ3n) is 3.77. The second-order valence-electron chi connectivity index (χ2n) is 5.70. The second-order valence-corrected chi connectivity index (χ2v) is 7.74. The van der Waals surface area contributed by atoms with Crippen LogP contribution in [-0.2, 0) is 0 Å². The second kappa shape index (κ2) is 7.88. The van der Waals surface area contributed by atoms with Gasteiger partial charge in [0.05, 0.1) is 0 Å². The van der Waals surface area contributed by atoms with E-state index in [1.807, 2.05) is 36.4 Å². The number of hydrogen-bond donors (Lipinski definition) is 1. The van der Waals surface area contributed by atoms with Crippen molar-refractivity contribution in [3.8, 4) is 17.1 Å². The summed E-state index contributed by atoms with van der Waals surface area (Å²) in [5, 5.41) is 14.8. The number of thiophene rings is 1. The quantitative estimate of drug-likeness (QED) is 0.630. The molecule has 0 radical (unpaired) electrons. The van der Waals surface area contributed by atoms with Gasteiger partial charge in [0.15, 0.2) is 11.9 Å². The van der Waals surface area contributed by atoms with Crippen LogP contribution in [0, 0.1) is 0 Å². The number of anilines is 1. The van der Waals surface area contributed by atoms with Crippen LogP contribution in [0.2, 0.25) is 0 Å². The SMILES string of the molecule is CCCSc1nnc2c(n1)O[C@@H](/C=C\c1cccs1)Nc1ccccc1-2. The highest BCUT2D eigenvalue weighted by atomic mass is 32.2. The van der Waals surface area contributed by atoms with E-state index in [1.54, 1.807) is 23.1 Å². The molecule has 4 rings (SSSR count). The van der Waals surface area contributed by atoms with Crippen molar-refractivity contribution in [1.82, 2.24) is 15.2 Å². The lowest BCUT2D eigenvalue weighted by Crippen LogP contribution is -2.23. The molecule has 1 atom stereocenters. The summed E-state index contributed by atoms with van der Waals surface area (Å²) in [6.07, 6.45) is 4.78. The highest BCUT2D eigenvalue weighted by molar-refractivity contribution is 7.99. The van der Waals surface area contributed by atoms with E-state index in [4.69, 9.17) is 4.74 Å². The number of nitrogens with one attached hydrogen (secondary N) is 1. The Morgan fingerprint density at radius 1 is 1.23 bits per heavy atom. The molecule has 1 aliphatic rings. The predicted octanol–water partition coefficient (Wildman–Crippen LogP) is 4.95. The number of hydrogen-bond acceptors (Lipinski definition) is 7. The van der Waals surface area contributed by atoms with Gasteiger partial charge in [0, 0.05) is 21.9 Å². The molecule has 0 saturated carbocycles. The highest BCUT2D eigenvalue weighted by Crippen LogP contribution is 2.36. The molecule has 0 saturated heterocycles. The van der Waals surface area contributed by atoms with Gasteiger partial charge in [0.1, 0.15) is 0 Å². The fourth-order valence-corrected chi connectivity index (χ4v) is 3.84. The number of para-hydroxylation sites is 1. The first kappa shape index (κ1) is 17.1. The molecule has 132 valence electrons. The van der Waals surface area contributed by atoms with Gasteiger partial charge >= 0.3 is 0 Å². The Hall–Kier alpha value is -2.38. The van der Waals surface area contributed by atoms with Crippen molar-refractivity contribution in [2.24, 2.45) is 0 Å². The van der Waals surface area contributed by atoms with Crippen LogP contribution in [0.15, 0.2) is 53.0 Å². The third kappa shape index (κ3) is 3.73. The van der Waals surface area contributed by atoms with Crippen LogP contribution in [0.1, 0.15) is 18.2 Å². The lowest BCUT2D eigenvalue weighted by atomic mass is 10.1. The molecule has 0 aliphatic carbocycles. The topological polar surface area (TPSA) is 59.9 Å². The summed E-state index contributed by atoms with van der Waals surface area (Å²) >= 11 is 3.28. The summed E-state index contributed by atoms with van der Waals surface area (Å²) in [6.45, 7) is 2.13. The van der Waals surface area contributed by atoms with E-state index < -0.39 is 0 Å². The van der Waals surface area contributed by atoms with Crippen molar-refractivity contribution in [2.45, 2.75) is 24.7 Å². The van der Waals surface area contributed by atoms with Gasteiger partial charge in [-0.05, 0) is 36.1 Å². The van der Waals surface area contributed by atoms with Crippen LogP contribution in [-0.4, -0.2) is 27.2 Å². The first-order valence-electron chi connectivity index (χ1n) is 8.45. The van der Waals surface area contributed by atoms with Gasteiger partial charge in [-0.25, -0.2) is 0 Å². The van der Waals surface area contributed by atoms with E-state index >= 15 is 0 Å². The van der Waals surface area contributed by atoms with Crippen molar-refractivity contribution in [2.75, 3.05) is 11.1 Å². The minimum absolute atomic E-state index is 0.333. The fraction of sp³-hybridized carbons (Fsp3) is 0.211. The van der Waals surface area contributed by atoms with Gasteiger partial charge in [-0.3, -0.25) is 0 Å².